The maximum atomic E-state index is 7.59. The molecule has 0 spiro atoms. The minimum atomic E-state index is 0.110. The van der Waals surface area contributed by atoms with E-state index in [1.807, 2.05) is 12.1 Å². The molecule has 0 aliphatic carbocycles. The first kappa shape index (κ1) is 10.4. The third kappa shape index (κ3) is 1.79. The first-order valence-electron chi connectivity index (χ1n) is 4.92. The Morgan fingerprint density at radius 1 is 1.38 bits per heavy atom. The molecule has 1 aromatic heterocycles. The van der Waals surface area contributed by atoms with E-state index in [1.165, 1.54) is 0 Å². The highest BCUT2D eigenvalue weighted by Crippen LogP contribution is 2.19. The summed E-state index contributed by atoms with van der Waals surface area (Å²) in [5.74, 6) is 0.701. The van der Waals surface area contributed by atoms with E-state index in [1.54, 1.807) is 23.8 Å². The third-order valence-corrected chi connectivity index (χ3v) is 2.43. The molecule has 1 aromatic carbocycles. The van der Waals surface area contributed by atoms with E-state index in [9.17, 15) is 0 Å². The number of nitrogens with zero attached hydrogens (tertiary/aromatic N) is 1. The van der Waals surface area contributed by atoms with E-state index < -0.39 is 0 Å². The zero-order chi connectivity index (χ0) is 11.7. The van der Waals surface area contributed by atoms with Gasteiger partial charge in [0.2, 0.25) is 0 Å². The van der Waals surface area contributed by atoms with Gasteiger partial charge in [0.25, 0.3) is 5.68 Å². The molecule has 0 aliphatic heterocycles. The number of oxazole rings is 1. The molecule has 0 radical (unpaired) electrons. The van der Waals surface area contributed by atoms with Crippen LogP contribution in [0.25, 0.3) is 0 Å². The maximum absolute atomic E-state index is 7.59. The quantitative estimate of drug-likeness (QED) is 0.658. The van der Waals surface area contributed by atoms with Crippen LogP contribution in [0, 0.1) is 12.3 Å². The van der Waals surface area contributed by atoms with Crippen molar-refractivity contribution < 1.29 is 4.42 Å². The van der Waals surface area contributed by atoms with Gasteiger partial charge in [0.05, 0.1) is 17.9 Å². The SMILES string of the molecule is Cc1cn(Cc2cccc(N)c2N)c(=N)o1. The number of hydrogen-bond donors (Lipinski definition) is 3. The van der Waals surface area contributed by atoms with Gasteiger partial charge in [0, 0.05) is 6.20 Å². The van der Waals surface area contributed by atoms with Gasteiger partial charge in [-0.25, -0.2) is 0 Å². The fourth-order valence-electron chi connectivity index (χ4n) is 1.59. The van der Waals surface area contributed by atoms with Crippen LogP contribution in [-0.2, 0) is 6.54 Å². The highest BCUT2D eigenvalue weighted by Gasteiger charge is 2.05. The lowest BCUT2D eigenvalue weighted by Gasteiger charge is -2.07. The summed E-state index contributed by atoms with van der Waals surface area (Å²) >= 11 is 0. The molecule has 2 rings (SSSR count). The summed E-state index contributed by atoms with van der Waals surface area (Å²) in [6.45, 7) is 2.30. The van der Waals surface area contributed by atoms with Gasteiger partial charge in [0.1, 0.15) is 5.76 Å². The number of rotatable bonds is 2. The van der Waals surface area contributed by atoms with Crippen LogP contribution in [0.4, 0.5) is 11.4 Å². The van der Waals surface area contributed by atoms with Crippen LogP contribution in [0.15, 0.2) is 28.8 Å². The first-order valence-corrected chi connectivity index (χ1v) is 4.92. The molecule has 0 aliphatic rings. The number of benzene rings is 1. The Hall–Kier alpha value is -2.17. The van der Waals surface area contributed by atoms with E-state index in [4.69, 9.17) is 21.3 Å². The lowest BCUT2D eigenvalue weighted by molar-refractivity contribution is 0.440. The molecule has 5 N–H and O–H groups in total. The molecule has 5 heteroatoms. The average Bonchev–Trinajstić information content (AvgIpc) is 2.53. The molecule has 0 unspecified atom stereocenters. The zero-order valence-corrected chi connectivity index (χ0v) is 9.03. The van der Waals surface area contributed by atoms with Crippen molar-refractivity contribution in [3.8, 4) is 0 Å². The first-order chi connectivity index (χ1) is 7.58. The second kappa shape index (κ2) is 3.77. The van der Waals surface area contributed by atoms with Crippen LogP contribution >= 0.6 is 0 Å². The standard InChI is InChI=1S/C11H14N4O/c1-7-5-15(11(14)16-7)6-8-3-2-4-9(12)10(8)13/h2-5,14H,6,12-13H2,1H3. The lowest BCUT2D eigenvalue weighted by Crippen LogP contribution is -2.15. The summed E-state index contributed by atoms with van der Waals surface area (Å²) < 4.78 is 6.80. The number of nitrogen functional groups attached to an aromatic ring is 2. The maximum Gasteiger partial charge on any atom is 0.294 e. The second-order valence-electron chi connectivity index (χ2n) is 3.69. The Morgan fingerprint density at radius 2 is 2.12 bits per heavy atom. The molecule has 0 atom stereocenters. The number of aryl methyl sites for hydroxylation is 1. The monoisotopic (exact) mass is 218 g/mol. The van der Waals surface area contributed by atoms with Gasteiger partial charge in [-0.1, -0.05) is 12.1 Å². The molecule has 1 heterocycles. The highest BCUT2D eigenvalue weighted by molar-refractivity contribution is 5.67. The van der Waals surface area contributed by atoms with Crippen molar-refractivity contribution in [3.63, 3.8) is 0 Å². The highest BCUT2D eigenvalue weighted by atomic mass is 16.4. The van der Waals surface area contributed by atoms with Crippen molar-refractivity contribution in [1.82, 2.24) is 4.57 Å². The molecule has 5 nitrogen and oxygen atoms in total. The van der Waals surface area contributed by atoms with E-state index in [2.05, 4.69) is 0 Å². The van der Waals surface area contributed by atoms with E-state index >= 15 is 0 Å². The van der Waals surface area contributed by atoms with Crippen LogP contribution in [0.2, 0.25) is 0 Å². The fraction of sp³-hybridized carbons (Fsp3) is 0.182. The Morgan fingerprint density at radius 3 is 2.75 bits per heavy atom. The predicted octanol–water partition coefficient (Wildman–Crippen LogP) is 1.08. The van der Waals surface area contributed by atoms with Crippen molar-refractivity contribution in [3.05, 3.63) is 41.4 Å². The minimum Gasteiger partial charge on any atom is -0.429 e. The third-order valence-electron chi connectivity index (χ3n) is 2.43. The Balaban J connectivity index is 2.38. The van der Waals surface area contributed by atoms with Gasteiger partial charge < -0.3 is 15.9 Å². The van der Waals surface area contributed by atoms with E-state index in [-0.39, 0.29) is 5.68 Å². The molecular formula is C11H14N4O. The topological polar surface area (TPSA) is 94.0 Å². The van der Waals surface area contributed by atoms with Crippen molar-refractivity contribution in [2.75, 3.05) is 11.5 Å². The van der Waals surface area contributed by atoms with Gasteiger partial charge in [-0.2, -0.15) is 0 Å². The molecule has 0 amide bonds. The molecule has 0 saturated carbocycles. The van der Waals surface area contributed by atoms with Crippen molar-refractivity contribution >= 4 is 11.4 Å². The Bertz CT molecular complexity index is 568. The van der Waals surface area contributed by atoms with Gasteiger partial charge in [-0.3, -0.25) is 9.98 Å². The number of anilines is 2. The number of nitrogens with one attached hydrogen (secondary N) is 1. The summed E-state index contributed by atoms with van der Waals surface area (Å²) in [4.78, 5) is 0. The van der Waals surface area contributed by atoms with Crippen molar-refractivity contribution in [1.29, 1.82) is 5.41 Å². The minimum absolute atomic E-state index is 0.110. The largest absolute Gasteiger partial charge is 0.429 e. The summed E-state index contributed by atoms with van der Waals surface area (Å²) in [6.07, 6.45) is 1.77. The van der Waals surface area contributed by atoms with Gasteiger partial charge in [0.15, 0.2) is 0 Å². The van der Waals surface area contributed by atoms with Crippen LogP contribution < -0.4 is 17.2 Å². The summed E-state index contributed by atoms with van der Waals surface area (Å²) in [5.41, 5.74) is 13.7. The lowest BCUT2D eigenvalue weighted by atomic mass is 10.1. The average molecular weight is 218 g/mol. The zero-order valence-electron chi connectivity index (χ0n) is 9.03. The molecule has 84 valence electrons. The smallest absolute Gasteiger partial charge is 0.294 e. The van der Waals surface area contributed by atoms with Crippen LogP contribution in [-0.4, -0.2) is 4.57 Å². The van der Waals surface area contributed by atoms with Gasteiger partial charge in [-0.15, -0.1) is 0 Å². The molecule has 16 heavy (non-hydrogen) atoms. The Kier molecular flexibility index (Phi) is 2.44. The summed E-state index contributed by atoms with van der Waals surface area (Å²) in [5, 5.41) is 7.59. The second-order valence-corrected chi connectivity index (χ2v) is 3.69. The number of para-hydroxylation sites is 1. The number of aromatic nitrogens is 1. The molecule has 2 aromatic rings. The number of hydrogen-bond acceptors (Lipinski definition) is 4. The van der Waals surface area contributed by atoms with Crippen LogP contribution in [0.1, 0.15) is 11.3 Å². The predicted molar refractivity (Wildman–Crippen MR) is 61.7 cm³/mol. The number of nitrogens with two attached hydrogens (primary N) is 2. The van der Waals surface area contributed by atoms with Gasteiger partial charge >= 0.3 is 0 Å². The molecule has 0 fully saturated rings. The summed E-state index contributed by atoms with van der Waals surface area (Å²) in [7, 11) is 0. The molecule has 0 saturated heterocycles. The molecular weight excluding hydrogens is 204 g/mol. The fourth-order valence-corrected chi connectivity index (χ4v) is 1.59. The van der Waals surface area contributed by atoms with Gasteiger partial charge in [-0.05, 0) is 18.6 Å². The Labute approximate surface area is 92.8 Å². The molecule has 0 bridgehead atoms. The van der Waals surface area contributed by atoms with Crippen LogP contribution in [0.5, 0.6) is 0 Å². The van der Waals surface area contributed by atoms with Crippen LogP contribution in [0.3, 0.4) is 0 Å². The normalized spacial score (nSPS) is 10.6. The van der Waals surface area contributed by atoms with E-state index in [0.717, 1.165) is 5.56 Å². The van der Waals surface area contributed by atoms with E-state index in [0.29, 0.717) is 23.7 Å². The summed E-state index contributed by atoms with van der Waals surface area (Å²) in [6, 6.07) is 5.49. The van der Waals surface area contributed by atoms with Crippen molar-refractivity contribution in [2.24, 2.45) is 0 Å². The van der Waals surface area contributed by atoms with Crippen molar-refractivity contribution in [2.45, 2.75) is 13.5 Å².